The molecule has 2 atom stereocenters. The van der Waals surface area contributed by atoms with Crippen LogP contribution in [0.5, 0.6) is 0 Å². The standard InChI is InChI=1S/C20H23NO2/c1-3-9-16(10-4-1)20(17-11-5-2-6-12-17)22-15-19(23-20)18-13-7-8-14-21-18/h1-6,9-12,18-19,21H,7-8,13-15H2/t18?,19-/m0/s1. The van der Waals surface area contributed by atoms with E-state index in [-0.39, 0.29) is 6.10 Å². The van der Waals surface area contributed by atoms with Gasteiger partial charge in [-0.2, -0.15) is 0 Å². The lowest BCUT2D eigenvalue weighted by atomic mass is 9.97. The fourth-order valence-corrected chi connectivity index (χ4v) is 3.66. The van der Waals surface area contributed by atoms with E-state index in [0.29, 0.717) is 12.6 Å². The molecule has 0 saturated carbocycles. The van der Waals surface area contributed by atoms with Crippen molar-refractivity contribution in [2.24, 2.45) is 0 Å². The molecule has 1 unspecified atom stereocenters. The molecular formula is C20H23NO2. The lowest BCUT2D eigenvalue weighted by Crippen LogP contribution is -2.45. The number of hydrogen-bond donors (Lipinski definition) is 1. The fourth-order valence-electron chi connectivity index (χ4n) is 3.66. The van der Waals surface area contributed by atoms with E-state index in [1.165, 1.54) is 12.8 Å². The molecule has 0 bridgehead atoms. The van der Waals surface area contributed by atoms with E-state index in [0.717, 1.165) is 24.1 Å². The Morgan fingerprint density at radius 1 is 0.870 bits per heavy atom. The second-order valence-electron chi connectivity index (χ2n) is 6.37. The molecule has 23 heavy (non-hydrogen) atoms. The maximum atomic E-state index is 6.58. The first-order chi connectivity index (χ1) is 11.4. The summed E-state index contributed by atoms with van der Waals surface area (Å²) in [6.07, 6.45) is 3.78. The molecule has 3 nitrogen and oxygen atoms in total. The van der Waals surface area contributed by atoms with Crippen LogP contribution >= 0.6 is 0 Å². The van der Waals surface area contributed by atoms with Gasteiger partial charge in [0, 0.05) is 17.2 Å². The van der Waals surface area contributed by atoms with Gasteiger partial charge < -0.3 is 14.8 Å². The minimum absolute atomic E-state index is 0.0933. The van der Waals surface area contributed by atoms with Crippen LogP contribution in [0, 0.1) is 0 Å². The van der Waals surface area contributed by atoms with Gasteiger partial charge in [0.15, 0.2) is 0 Å². The maximum Gasteiger partial charge on any atom is 0.222 e. The predicted molar refractivity (Wildman–Crippen MR) is 90.1 cm³/mol. The van der Waals surface area contributed by atoms with Crippen molar-refractivity contribution in [1.29, 1.82) is 0 Å². The van der Waals surface area contributed by atoms with Crippen LogP contribution in [0.25, 0.3) is 0 Å². The molecule has 2 fully saturated rings. The third-order valence-electron chi connectivity index (χ3n) is 4.87. The molecular weight excluding hydrogens is 286 g/mol. The van der Waals surface area contributed by atoms with E-state index in [9.17, 15) is 0 Å². The number of ether oxygens (including phenoxy) is 2. The Morgan fingerprint density at radius 2 is 1.52 bits per heavy atom. The smallest absolute Gasteiger partial charge is 0.222 e. The van der Waals surface area contributed by atoms with Gasteiger partial charge in [-0.3, -0.25) is 0 Å². The van der Waals surface area contributed by atoms with Crippen molar-refractivity contribution in [3.8, 4) is 0 Å². The summed E-state index contributed by atoms with van der Waals surface area (Å²) < 4.78 is 12.9. The van der Waals surface area contributed by atoms with Crippen LogP contribution in [0.3, 0.4) is 0 Å². The highest BCUT2D eigenvalue weighted by atomic mass is 16.7. The summed E-state index contributed by atoms with van der Waals surface area (Å²) in [5, 5.41) is 3.60. The molecule has 2 aromatic rings. The summed E-state index contributed by atoms with van der Waals surface area (Å²) in [5.41, 5.74) is 2.12. The first kappa shape index (κ1) is 14.9. The Labute approximate surface area is 137 Å². The molecule has 0 aromatic heterocycles. The lowest BCUT2D eigenvalue weighted by Gasteiger charge is -2.32. The van der Waals surface area contributed by atoms with Gasteiger partial charge >= 0.3 is 0 Å². The van der Waals surface area contributed by atoms with Crippen molar-refractivity contribution in [3.05, 3.63) is 71.8 Å². The third-order valence-corrected chi connectivity index (χ3v) is 4.87. The minimum Gasteiger partial charge on any atom is -0.339 e. The molecule has 4 rings (SSSR count). The molecule has 0 amide bonds. The monoisotopic (exact) mass is 309 g/mol. The van der Waals surface area contributed by atoms with Crippen molar-refractivity contribution in [3.63, 3.8) is 0 Å². The van der Waals surface area contributed by atoms with Crippen molar-refractivity contribution in [2.75, 3.05) is 13.2 Å². The van der Waals surface area contributed by atoms with E-state index < -0.39 is 5.79 Å². The van der Waals surface area contributed by atoms with Gasteiger partial charge in [-0.1, -0.05) is 67.1 Å². The Balaban J connectivity index is 1.68. The zero-order valence-electron chi connectivity index (χ0n) is 13.3. The van der Waals surface area contributed by atoms with E-state index in [2.05, 4.69) is 29.6 Å². The summed E-state index contributed by atoms with van der Waals surface area (Å²) in [7, 11) is 0. The highest BCUT2D eigenvalue weighted by molar-refractivity contribution is 5.34. The number of hydrogen-bond acceptors (Lipinski definition) is 3. The van der Waals surface area contributed by atoms with Crippen LogP contribution in [-0.4, -0.2) is 25.3 Å². The average Bonchev–Trinajstić information content (AvgIpc) is 3.11. The summed E-state index contributed by atoms with van der Waals surface area (Å²) in [6, 6.07) is 20.9. The highest BCUT2D eigenvalue weighted by Gasteiger charge is 2.47. The first-order valence-electron chi connectivity index (χ1n) is 8.55. The molecule has 2 heterocycles. The van der Waals surface area contributed by atoms with Gasteiger partial charge in [0.25, 0.3) is 0 Å². The van der Waals surface area contributed by atoms with Gasteiger partial charge in [0.05, 0.1) is 6.61 Å². The van der Waals surface area contributed by atoms with E-state index in [1.54, 1.807) is 0 Å². The molecule has 120 valence electrons. The average molecular weight is 309 g/mol. The molecule has 3 heteroatoms. The molecule has 2 aliphatic heterocycles. The largest absolute Gasteiger partial charge is 0.339 e. The second-order valence-corrected chi connectivity index (χ2v) is 6.37. The van der Waals surface area contributed by atoms with Crippen LogP contribution in [0.1, 0.15) is 30.4 Å². The van der Waals surface area contributed by atoms with Crippen LogP contribution in [0.15, 0.2) is 60.7 Å². The van der Waals surface area contributed by atoms with Gasteiger partial charge in [0.1, 0.15) is 6.10 Å². The van der Waals surface area contributed by atoms with Crippen molar-refractivity contribution in [2.45, 2.75) is 37.2 Å². The Morgan fingerprint density at radius 3 is 2.09 bits per heavy atom. The molecule has 0 radical (unpaired) electrons. The molecule has 2 aromatic carbocycles. The number of rotatable bonds is 3. The Kier molecular flexibility index (Phi) is 4.17. The molecule has 1 N–H and O–H groups in total. The topological polar surface area (TPSA) is 30.5 Å². The normalized spacial score (nSPS) is 27.0. The zero-order valence-corrected chi connectivity index (χ0v) is 13.3. The SMILES string of the molecule is c1ccc(C2(c3ccccc3)OC[C@@H](C3CCCCN3)O2)cc1. The number of piperidine rings is 1. The summed E-state index contributed by atoms with van der Waals surface area (Å²) in [5.74, 6) is -0.785. The molecule has 2 saturated heterocycles. The van der Waals surface area contributed by atoms with Crippen molar-refractivity contribution < 1.29 is 9.47 Å². The first-order valence-corrected chi connectivity index (χ1v) is 8.55. The molecule has 0 spiro atoms. The van der Waals surface area contributed by atoms with E-state index >= 15 is 0 Å². The zero-order chi connectivity index (χ0) is 15.5. The number of nitrogens with one attached hydrogen (secondary N) is 1. The van der Waals surface area contributed by atoms with Crippen LogP contribution < -0.4 is 5.32 Å². The van der Waals surface area contributed by atoms with Gasteiger partial charge in [0.2, 0.25) is 5.79 Å². The predicted octanol–water partition coefficient (Wildman–Crippen LogP) is 3.45. The van der Waals surface area contributed by atoms with Gasteiger partial charge in [-0.15, -0.1) is 0 Å². The second kappa shape index (κ2) is 6.44. The van der Waals surface area contributed by atoms with E-state index in [1.807, 2.05) is 36.4 Å². The Hall–Kier alpha value is -1.68. The lowest BCUT2D eigenvalue weighted by molar-refractivity contribution is -0.146. The van der Waals surface area contributed by atoms with Crippen LogP contribution in [0.4, 0.5) is 0 Å². The summed E-state index contributed by atoms with van der Waals surface area (Å²) in [6.45, 7) is 1.70. The van der Waals surface area contributed by atoms with Crippen LogP contribution in [-0.2, 0) is 15.3 Å². The molecule has 2 aliphatic rings. The minimum atomic E-state index is -0.785. The molecule has 0 aliphatic carbocycles. The third kappa shape index (κ3) is 2.80. The van der Waals surface area contributed by atoms with Crippen LogP contribution in [0.2, 0.25) is 0 Å². The highest BCUT2D eigenvalue weighted by Crippen LogP contribution is 2.41. The fraction of sp³-hybridized carbons (Fsp3) is 0.400. The van der Waals surface area contributed by atoms with Crippen molar-refractivity contribution >= 4 is 0 Å². The van der Waals surface area contributed by atoms with E-state index in [4.69, 9.17) is 9.47 Å². The Bertz CT molecular complexity index is 583. The summed E-state index contributed by atoms with van der Waals surface area (Å²) in [4.78, 5) is 0. The van der Waals surface area contributed by atoms with Gasteiger partial charge in [-0.05, 0) is 19.4 Å². The maximum absolute atomic E-state index is 6.58. The van der Waals surface area contributed by atoms with Crippen molar-refractivity contribution in [1.82, 2.24) is 5.32 Å². The number of benzene rings is 2. The van der Waals surface area contributed by atoms with Gasteiger partial charge in [-0.25, -0.2) is 0 Å². The quantitative estimate of drug-likeness (QED) is 0.942. The summed E-state index contributed by atoms with van der Waals surface area (Å²) >= 11 is 0.